The van der Waals surface area contributed by atoms with Crippen LogP contribution >= 0.6 is 11.3 Å². The predicted octanol–water partition coefficient (Wildman–Crippen LogP) is 4.79. The Kier molecular flexibility index (Phi) is 4.60. The van der Waals surface area contributed by atoms with Crippen molar-refractivity contribution in [2.75, 3.05) is 6.54 Å². The molecule has 0 atom stereocenters. The summed E-state index contributed by atoms with van der Waals surface area (Å²) in [6.45, 7) is 5.63. The first-order valence-electron chi connectivity index (χ1n) is 8.25. The topological polar surface area (TPSA) is 24.9 Å². The minimum atomic E-state index is 0.427. The van der Waals surface area contributed by atoms with Crippen LogP contribution in [0.1, 0.15) is 51.0 Å². The van der Waals surface area contributed by atoms with Crippen molar-refractivity contribution in [2.45, 2.75) is 58.4 Å². The highest BCUT2D eigenvalue weighted by Gasteiger charge is 2.33. The van der Waals surface area contributed by atoms with Gasteiger partial charge in [-0.15, -0.1) is 11.3 Å². The molecule has 1 aromatic carbocycles. The quantitative estimate of drug-likeness (QED) is 0.859. The van der Waals surface area contributed by atoms with Crippen LogP contribution < -0.4 is 5.32 Å². The molecule has 0 saturated heterocycles. The van der Waals surface area contributed by atoms with E-state index in [1.807, 2.05) is 11.3 Å². The molecule has 3 rings (SSSR count). The molecule has 0 radical (unpaired) electrons. The van der Waals surface area contributed by atoms with Gasteiger partial charge in [-0.25, -0.2) is 4.98 Å². The lowest BCUT2D eigenvalue weighted by Gasteiger charge is -2.37. The molecule has 1 N–H and O–H groups in total. The third-order valence-electron chi connectivity index (χ3n) is 4.66. The molecule has 1 fully saturated rings. The van der Waals surface area contributed by atoms with Crippen LogP contribution in [0.15, 0.2) is 24.3 Å². The summed E-state index contributed by atoms with van der Waals surface area (Å²) in [4.78, 5) is 4.87. The number of nitrogens with one attached hydrogen (secondary N) is 1. The third kappa shape index (κ3) is 3.64. The molecule has 1 saturated carbocycles. The fourth-order valence-corrected chi connectivity index (χ4v) is 4.60. The van der Waals surface area contributed by atoms with Crippen molar-refractivity contribution in [3.8, 4) is 0 Å². The fourth-order valence-electron chi connectivity index (χ4n) is 3.45. The van der Waals surface area contributed by atoms with Crippen LogP contribution in [0, 0.1) is 5.41 Å². The molecule has 0 spiro atoms. The lowest BCUT2D eigenvalue weighted by molar-refractivity contribution is 0.176. The van der Waals surface area contributed by atoms with E-state index in [-0.39, 0.29) is 0 Å². The summed E-state index contributed by atoms with van der Waals surface area (Å²) in [6, 6.07) is 9.09. The van der Waals surface area contributed by atoms with Crippen molar-refractivity contribution in [3.63, 3.8) is 0 Å². The molecule has 1 heterocycles. The van der Waals surface area contributed by atoms with Crippen molar-refractivity contribution in [3.05, 3.63) is 29.3 Å². The van der Waals surface area contributed by atoms with E-state index in [1.165, 1.54) is 47.3 Å². The van der Waals surface area contributed by atoms with E-state index in [0.29, 0.717) is 11.5 Å². The zero-order chi connectivity index (χ0) is 14.7. The van der Waals surface area contributed by atoms with Gasteiger partial charge in [0.25, 0.3) is 0 Å². The summed E-state index contributed by atoms with van der Waals surface area (Å²) in [5, 5.41) is 5.01. The van der Waals surface area contributed by atoms with Crippen LogP contribution in [0.4, 0.5) is 0 Å². The average Bonchev–Trinajstić information content (AvgIpc) is 2.88. The Labute approximate surface area is 132 Å². The van der Waals surface area contributed by atoms with Crippen LogP contribution in [0.3, 0.4) is 0 Å². The first-order valence-corrected chi connectivity index (χ1v) is 9.06. The third-order valence-corrected chi connectivity index (χ3v) is 5.70. The number of nitrogens with zero attached hydrogens (tertiary/aromatic N) is 1. The monoisotopic (exact) mass is 302 g/mol. The zero-order valence-corrected chi connectivity index (χ0v) is 14.0. The van der Waals surface area contributed by atoms with Crippen molar-refractivity contribution in [2.24, 2.45) is 5.41 Å². The van der Waals surface area contributed by atoms with Crippen LogP contribution in [0.2, 0.25) is 0 Å². The van der Waals surface area contributed by atoms with Crippen LogP contribution in [0.25, 0.3) is 10.2 Å². The summed E-state index contributed by atoms with van der Waals surface area (Å²) in [6.07, 6.45) is 8.01. The molecule has 1 aliphatic rings. The van der Waals surface area contributed by atoms with Crippen molar-refractivity contribution < 1.29 is 0 Å². The van der Waals surface area contributed by atoms with Gasteiger partial charge in [-0.1, -0.05) is 45.2 Å². The molecule has 0 aliphatic heterocycles. The highest BCUT2D eigenvalue weighted by molar-refractivity contribution is 7.18. The molecule has 0 unspecified atom stereocenters. The van der Waals surface area contributed by atoms with Gasteiger partial charge in [0.2, 0.25) is 0 Å². The Hall–Kier alpha value is -0.930. The minimum absolute atomic E-state index is 0.427. The SMILES string of the molecule is CC(C)NCC1(Cc2nc3ccccc3s2)CCCCC1. The number of thiazole rings is 1. The number of hydrogen-bond donors (Lipinski definition) is 1. The van der Waals surface area contributed by atoms with E-state index in [4.69, 9.17) is 4.98 Å². The second-order valence-corrected chi connectivity index (χ2v) is 7.96. The Morgan fingerprint density at radius 2 is 1.95 bits per heavy atom. The number of para-hydroxylation sites is 1. The van der Waals surface area contributed by atoms with Gasteiger partial charge in [0.05, 0.1) is 15.2 Å². The minimum Gasteiger partial charge on any atom is -0.314 e. The number of benzene rings is 1. The molecule has 1 aliphatic carbocycles. The molecule has 2 nitrogen and oxygen atoms in total. The first-order chi connectivity index (χ1) is 10.2. The highest BCUT2D eigenvalue weighted by Crippen LogP contribution is 2.40. The molecule has 21 heavy (non-hydrogen) atoms. The molecular weight excluding hydrogens is 276 g/mol. The number of hydrogen-bond acceptors (Lipinski definition) is 3. The van der Waals surface area contributed by atoms with Gasteiger partial charge >= 0.3 is 0 Å². The first kappa shape index (κ1) is 15.0. The van der Waals surface area contributed by atoms with Gasteiger partial charge in [-0.3, -0.25) is 0 Å². The smallest absolute Gasteiger partial charge is 0.0944 e. The zero-order valence-electron chi connectivity index (χ0n) is 13.2. The largest absolute Gasteiger partial charge is 0.314 e. The molecule has 0 bridgehead atoms. The number of rotatable bonds is 5. The van der Waals surface area contributed by atoms with E-state index >= 15 is 0 Å². The summed E-state index contributed by atoms with van der Waals surface area (Å²) in [7, 11) is 0. The van der Waals surface area contributed by atoms with E-state index < -0.39 is 0 Å². The summed E-state index contributed by atoms with van der Waals surface area (Å²) < 4.78 is 1.33. The predicted molar refractivity (Wildman–Crippen MR) is 92.0 cm³/mol. The Morgan fingerprint density at radius 3 is 2.67 bits per heavy atom. The van der Waals surface area contributed by atoms with Crippen molar-refractivity contribution in [1.82, 2.24) is 10.3 Å². The lowest BCUT2D eigenvalue weighted by Crippen LogP contribution is -2.40. The molecule has 1 aromatic heterocycles. The van der Waals surface area contributed by atoms with Gasteiger partial charge in [-0.05, 0) is 30.4 Å². The highest BCUT2D eigenvalue weighted by atomic mass is 32.1. The maximum absolute atomic E-state index is 4.87. The van der Waals surface area contributed by atoms with E-state index in [2.05, 4.69) is 43.4 Å². The van der Waals surface area contributed by atoms with E-state index in [1.54, 1.807) is 0 Å². The Balaban J connectivity index is 1.79. The maximum atomic E-state index is 4.87. The van der Waals surface area contributed by atoms with Crippen molar-refractivity contribution >= 4 is 21.6 Å². The van der Waals surface area contributed by atoms with Crippen LogP contribution in [-0.4, -0.2) is 17.6 Å². The summed E-state index contributed by atoms with van der Waals surface area (Å²) in [5.41, 5.74) is 1.59. The maximum Gasteiger partial charge on any atom is 0.0944 e. The molecular formula is C18H26N2S. The second kappa shape index (κ2) is 6.45. The summed E-state index contributed by atoms with van der Waals surface area (Å²) >= 11 is 1.88. The molecule has 0 amide bonds. The second-order valence-electron chi connectivity index (χ2n) is 6.85. The molecule has 114 valence electrons. The fraction of sp³-hybridized carbons (Fsp3) is 0.611. The van der Waals surface area contributed by atoms with Gasteiger partial charge in [0.15, 0.2) is 0 Å². The van der Waals surface area contributed by atoms with E-state index in [0.717, 1.165) is 13.0 Å². The normalized spacial score (nSPS) is 18.4. The average molecular weight is 302 g/mol. The van der Waals surface area contributed by atoms with Crippen molar-refractivity contribution in [1.29, 1.82) is 0 Å². The lowest BCUT2D eigenvalue weighted by atomic mass is 9.72. The van der Waals surface area contributed by atoms with Gasteiger partial charge in [-0.2, -0.15) is 0 Å². The van der Waals surface area contributed by atoms with Crippen LogP contribution in [-0.2, 0) is 6.42 Å². The number of aromatic nitrogens is 1. The van der Waals surface area contributed by atoms with Gasteiger partial charge in [0.1, 0.15) is 0 Å². The number of fused-ring (bicyclic) bond motifs is 1. The summed E-state index contributed by atoms with van der Waals surface area (Å²) in [5.74, 6) is 0. The standard InChI is InChI=1S/C18H26N2S/c1-14(2)19-13-18(10-6-3-7-11-18)12-17-20-15-8-4-5-9-16(15)21-17/h4-5,8-9,14,19H,3,6-7,10-13H2,1-2H3. The van der Waals surface area contributed by atoms with Gasteiger partial charge < -0.3 is 5.32 Å². The van der Waals surface area contributed by atoms with Crippen LogP contribution in [0.5, 0.6) is 0 Å². The molecule has 2 aromatic rings. The molecule has 3 heteroatoms. The Morgan fingerprint density at radius 1 is 1.19 bits per heavy atom. The Bertz CT molecular complexity index is 549. The van der Waals surface area contributed by atoms with E-state index in [9.17, 15) is 0 Å². The van der Waals surface area contributed by atoms with Gasteiger partial charge in [0, 0.05) is 19.0 Å².